The van der Waals surface area contributed by atoms with Crippen molar-refractivity contribution < 1.29 is 17.9 Å². The van der Waals surface area contributed by atoms with Crippen LogP contribution in [0.25, 0.3) is 0 Å². The maximum absolute atomic E-state index is 13.4. The molecule has 0 aliphatic carbocycles. The molecule has 0 unspecified atom stereocenters. The number of amides is 1. The number of carbonyl (C=O) groups excluding carboxylic acids is 1. The van der Waals surface area contributed by atoms with Gasteiger partial charge < -0.3 is 10.1 Å². The quantitative estimate of drug-likeness (QED) is 0.692. The normalized spacial score (nSPS) is 15.8. The van der Waals surface area contributed by atoms with Crippen LogP contribution in [0.5, 0.6) is 5.75 Å². The van der Waals surface area contributed by atoms with Crippen LogP contribution in [0.3, 0.4) is 0 Å². The van der Waals surface area contributed by atoms with E-state index in [0.717, 1.165) is 11.1 Å². The van der Waals surface area contributed by atoms with Gasteiger partial charge in [0.25, 0.3) is 15.9 Å². The van der Waals surface area contributed by atoms with Crippen molar-refractivity contribution in [1.82, 2.24) is 0 Å². The third-order valence-electron chi connectivity index (χ3n) is 4.93. The van der Waals surface area contributed by atoms with Crippen LogP contribution in [0.15, 0.2) is 77.7 Å². The zero-order chi connectivity index (χ0) is 21.3. The average Bonchev–Trinajstić information content (AvgIpc) is 2.74. The molecule has 3 aromatic rings. The van der Waals surface area contributed by atoms with Crippen LogP contribution >= 0.6 is 0 Å². The highest BCUT2D eigenvalue weighted by molar-refractivity contribution is 7.92. The van der Waals surface area contributed by atoms with Crippen molar-refractivity contribution in [2.75, 3.05) is 16.2 Å². The first-order valence-electron chi connectivity index (χ1n) is 9.57. The summed E-state index contributed by atoms with van der Waals surface area (Å²) >= 11 is 0. The van der Waals surface area contributed by atoms with E-state index in [1.165, 1.54) is 4.31 Å². The zero-order valence-electron chi connectivity index (χ0n) is 16.7. The molecule has 1 amide bonds. The van der Waals surface area contributed by atoms with E-state index in [0.29, 0.717) is 17.1 Å². The summed E-state index contributed by atoms with van der Waals surface area (Å²) in [5.41, 5.74) is 2.91. The molecule has 1 N–H and O–H groups in total. The summed E-state index contributed by atoms with van der Waals surface area (Å²) < 4.78 is 34.0. The van der Waals surface area contributed by atoms with E-state index in [1.54, 1.807) is 48.5 Å². The number of rotatable bonds is 4. The molecule has 0 radical (unpaired) electrons. The second-order valence-electron chi connectivity index (χ2n) is 7.28. The van der Waals surface area contributed by atoms with Crippen molar-refractivity contribution in [3.8, 4) is 5.75 Å². The molecule has 30 heavy (non-hydrogen) atoms. The van der Waals surface area contributed by atoms with Gasteiger partial charge in [0.05, 0.1) is 17.1 Å². The van der Waals surface area contributed by atoms with Gasteiger partial charge in [-0.15, -0.1) is 0 Å². The molecule has 0 fully saturated rings. The Bertz CT molecular complexity index is 1180. The molecule has 3 aromatic carbocycles. The van der Waals surface area contributed by atoms with Crippen LogP contribution in [-0.2, 0) is 14.8 Å². The standard InChI is InChI=1S/C23H22N2O4S/c1-16-8-11-19(12-9-16)30(27,28)25-15-22(23(26)24-18-6-4-3-5-7-18)29-21-13-10-17(2)14-20(21)25/h3-14,22H,15H2,1-2H3,(H,24,26)/t22-/m0/s1. The molecule has 0 bridgehead atoms. The van der Waals surface area contributed by atoms with Crippen LogP contribution in [0, 0.1) is 13.8 Å². The summed E-state index contributed by atoms with van der Waals surface area (Å²) in [6.07, 6.45) is -0.986. The molecule has 154 valence electrons. The van der Waals surface area contributed by atoms with Crippen molar-refractivity contribution >= 4 is 27.3 Å². The second kappa shape index (κ2) is 7.84. The van der Waals surface area contributed by atoms with Crippen LogP contribution in [0.2, 0.25) is 0 Å². The lowest BCUT2D eigenvalue weighted by atomic mass is 10.1. The molecule has 6 nitrogen and oxygen atoms in total. The largest absolute Gasteiger partial charge is 0.476 e. The van der Waals surface area contributed by atoms with E-state index >= 15 is 0 Å². The van der Waals surface area contributed by atoms with Crippen molar-refractivity contribution in [2.45, 2.75) is 24.8 Å². The van der Waals surface area contributed by atoms with E-state index in [2.05, 4.69) is 5.32 Å². The molecular formula is C23H22N2O4S. The van der Waals surface area contributed by atoms with Gasteiger partial charge >= 0.3 is 0 Å². The Kier molecular flexibility index (Phi) is 5.22. The van der Waals surface area contributed by atoms with Crippen molar-refractivity contribution in [3.05, 3.63) is 83.9 Å². The van der Waals surface area contributed by atoms with Gasteiger partial charge in [0.15, 0.2) is 6.10 Å². The Labute approximate surface area is 176 Å². The van der Waals surface area contributed by atoms with Crippen molar-refractivity contribution in [2.24, 2.45) is 0 Å². The highest BCUT2D eigenvalue weighted by atomic mass is 32.2. The Balaban J connectivity index is 1.71. The SMILES string of the molecule is Cc1ccc(S(=O)(=O)N2C[C@@H](C(=O)Nc3ccccc3)Oc3ccc(C)cc32)cc1. The number of anilines is 2. The van der Waals surface area contributed by atoms with E-state index in [1.807, 2.05) is 38.1 Å². The number of sulfonamides is 1. The third-order valence-corrected chi connectivity index (χ3v) is 6.72. The zero-order valence-corrected chi connectivity index (χ0v) is 17.5. The molecule has 1 atom stereocenters. The van der Waals surface area contributed by atoms with E-state index < -0.39 is 22.0 Å². The summed E-state index contributed by atoms with van der Waals surface area (Å²) in [6, 6.07) is 20.9. The highest BCUT2D eigenvalue weighted by Gasteiger charge is 2.37. The van der Waals surface area contributed by atoms with Crippen LogP contribution in [-0.4, -0.2) is 27.0 Å². The molecule has 1 heterocycles. The van der Waals surface area contributed by atoms with Crippen LogP contribution in [0.1, 0.15) is 11.1 Å². The molecule has 0 spiro atoms. The molecule has 1 aliphatic heterocycles. The lowest BCUT2D eigenvalue weighted by Gasteiger charge is -2.35. The molecular weight excluding hydrogens is 400 g/mol. The lowest BCUT2D eigenvalue weighted by Crippen LogP contribution is -2.48. The number of para-hydroxylation sites is 1. The molecule has 7 heteroatoms. The van der Waals surface area contributed by atoms with Crippen molar-refractivity contribution in [1.29, 1.82) is 0 Å². The Morgan fingerprint density at radius 1 is 0.967 bits per heavy atom. The van der Waals surface area contributed by atoms with E-state index in [9.17, 15) is 13.2 Å². The predicted octanol–water partition coefficient (Wildman–Crippen LogP) is 3.90. The topological polar surface area (TPSA) is 75.7 Å². The number of ether oxygens (including phenoxy) is 1. The van der Waals surface area contributed by atoms with Crippen molar-refractivity contribution in [3.63, 3.8) is 0 Å². The molecule has 4 rings (SSSR count). The predicted molar refractivity (Wildman–Crippen MR) is 116 cm³/mol. The van der Waals surface area contributed by atoms with E-state index in [-0.39, 0.29) is 11.4 Å². The number of nitrogens with zero attached hydrogens (tertiary/aromatic N) is 1. The summed E-state index contributed by atoms with van der Waals surface area (Å²) in [7, 11) is -3.87. The van der Waals surface area contributed by atoms with Gasteiger partial charge in [-0.05, 0) is 55.8 Å². The summed E-state index contributed by atoms with van der Waals surface area (Å²) in [6.45, 7) is 3.66. The van der Waals surface area contributed by atoms with Gasteiger partial charge in [-0.3, -0.25) is 9.10 Å². The number of carbonyl (C=O) groups is 1. The fourth-order valence-electron chi connectivity index (χ4n) is 3.31. The number of hydrogen-bond acceptors (Lipinski definition) is 4. The lowest BCUT2D eigenvalue weighted by molar-refractivity contribution is -0.122. The average molecular weight is 423 g/mol. The first-order valence-corrected chi connectivity index (χ1v) is 11.0. The minimum absolute atomic E-state index is 0.120. The van der Waals surface area contributed by atoms with E-state index in [4.69, 9.17) is 4.74 Å². The summed E-state index contributed by atoms with van der Waals surface area (Å²) in [5, 5.41) is 2.79. The third kappa shape index (κ3) is 3.89. The van der Waals surface area contributed by atoms with Gasteiger partial charge in [0.1, 0.15) is 5.75 Å². The minimum atomic E-state index is -3.87. The first-order chi connectivity index (χ1) is 14.3. The smallest absolute Gasteiger partial charge is 0.267 e. The van der Waals surface area contributed by atoms with Gasteiger partial charge in [-0.2, -0.15) is 0 Å². The van der Waals surface area contributed by atoms with Gasteiger partial charge in [-0.25, -0.2) is 8.42 Å². The number of fused-ring (bicyclic) bond motifs is 1. The highest BCUT2D eigenvalue weighted by Crippen LogP contribution is 2.38. The maximum Gasteiger partial charge on any atom is 0.267 e. The molecule has 0 saturated carbocycles. The number of hydrogen-bond donors (Lipinski definition) is 1. The summed E-state index contributed by atoms with van der Waals surface area (Å²) in [4.78, 5) is 13.0. The van der Waals surface area contributed by atoms with Gasteiger partial charge in [0, 0.05) is 5.69 Å². The Hall–Kier alpha value is -3.32. The van der Waals surface area contributed by atoms with Gasteiger partial charge in [-0.1, -0.05) is 42.0 Å². The first kappa shape index (κ1) is 20.0. The number of benzene rings is 3. The Morgan fingerprint density at radius 2 is 1.63 bits per heavy atom. The minimum Gasteiger partial charge on any atom is -0.476 e. The second-order valence-corrected chi connectivity index (χ2v) is 9.14. The molecule has 0 saturated heterocycles. The van der Waals surface area contributed by atoms with Gasteiger partial charge in [0.2, 0.25) is 0 Å². The van der Waals surface area contributed by atoms with Crippen LogP contribution < -0.4 is 14.4 Å². The fourth-order valence-corrected chi connectivity index (χ4v) is 4.77. The monoisotopic (exact) mass is 422 g/mol. The molecule has 1 aliphatic rings. The number of aryl methyl sites for hydroxylation is 2. The maximum atomic E-state index is 13.4. The molecule has 0 aromatic heterocycles. The van der Waals surface area contributed by atoms with Crippen LogP contribution in [0.4, 0.5) is 11.4 Å². The fraction of sp³-hybridized carbons (Fsp3) is 0.174. The summed E-state index contributed by atoms with van der Waals surface area (Å²) in [5.74, 6) is -0.0488. The Morgan fingerprint density at radius 3 is 2.33 bits per heavy atom. The number of nitrogens with one attached hydrogen (secondary N) is 1.